The topological polar surface area (TPSA) is 114 Å². The van der Waals surface area contributed by atoms with Crippen LogP contribution in [0.1, 0.15) is 0 Å². The largest absolute Gasteiger partial charge is 0.495 e. The van der Waals surface area contributed by atoms with Gasteiger partial charge in [0.1, 0.15) is 23.0 Å². The predicted octanol–water partition coefficient (Wildman–Crippen LogP) is 2.88. The van der Waals surface area contributed by atoms with Gasteiger partial charge in [0.2, 0.25) is 0 Å². The molecule has 1 saturated carbocycles. The Morgan fingerprint density at radius 2 is 1.94 bits per heavy atom. The lowest BCUT2D eigenvalue weighted by Gasteiger charge is -2.21. The van der Waals surface area contributed by atoms with Crippen LogP contribution >= 0.6 is 0 Å². The number of anilines is 2. The zero-order chi connectivity index (χ0) is 22.0. The van der Waals surface area contributed by atoms with Crippen LogP contribution in [-0.4, -0.2) is 53.2 Å². The predicted molar refractivity (Wildman–Crippen MR) is 119 cm³/mol. The number of pyridine rings is 1. The second-order valence-corrected chi connectivity index (χ2v) is 8.28. The third kappa shape index (κ3) is 2.90. The maximum Gasteiger partial charge on any atom is 0.326 e. The number of benzene rings is 1. The Kier molecular flexibility index (Phi) is 4.12. The molecule has 3 aromatic heterocycles. The first kappa shape index (κ1) is 19.1. The van der Waals surface area contributed by atoms with E-state index in [-0.39, 0.29) is 17.9 Å². The number of hydrogen-bond donors (Lipinski definition) is 3. The zero-order valence-corrected chi connectivity index (χ0v) is 17.6. The molecular weight excluding hydrogens is 413 g/mol. The molecule has 9 nitrogen and oxygen atoms in total. The maximum atomic E-state index is 14.4. The van der Waals surface area contributed by atoms with Crippen molar-refractivity contribution in [2.24, 2.45) is 17.6 Å². The Bertz CT molecular complexity index is 1350. The van der Waals surface area contributed by atoms with Gasteiger partial charge in [-0.3, -0.25) is 4.98 Å². The summed E-state index contributed by atoms with van der Waals surface area (Å²) >= 11 is 0. The summed E-state index contributed by atoms with van der Waals surface area (Å²) in [5.74, 6) is 2.32. The van der Waals surface area contributed by atoms with E-state index in [2.05, 4.69) is 25.2 Å². The molecule has 2 fully saturated rings. The van der Waals surface area contributed by atoms with Gasteiger partial charge in [0.05, 0.1) is 36.1 Å². The average Bonchev–Trinajstić information content (AvgIpc) is 3.13. The van der Waals surface area contributed by atoms with Gasteiger partial charge >= 0.3 is 6.01 Å². The van der Waals surface area contributed by atoms with Gasteiger partial charge in [0, 0.05) is 37.6 Å². The van der Waals surface area contributed by atoms with Crippen molar-refractivity contribution in [3.63, 3.8) is 0 Å². The van der Waals surface area contributed by atoms with Crippen LogP contribution in [0.3, 0.4) is 0 Å². The molecule has 1 aliphatic carbocycles. The molecule has 4 aromatic rings. The van der Waals surface area contributed by atoms with Crippen LogP contribution in [0.15, 0.2) is 30.6 Å². The first-order valence-corrected chi connectivity index (χ1v) is 10.4. The minimum absolute atomic E-state index is 0.172. The molecule has 2 aliphatic rings. The lowest BCUT2D eigenvalue weighted by Crippen LogP contribution is -2.29. The lowest BCUT2D eigenvalue weighted by atomic mass is 10.1. The monoisotopic (exact) mass is 435 g/mol. The lowest BCUT2D eigenvalue weighted by molar-refractivity contribution is 0.401. The van der Waals surface area contributed by atoms with Crippen molar-refractivity contribution in [2.75, 3.05) is 37.5 Å². The van der Waals surface area contributed by atoms with Crippen LogP contribution in [0, 0.1) is 17.7 Å². The minimum atomic E-state index is -0.331. The number of nitrogens with zero attached hydrogens (tertiary/aromatic N) is 4. The number of nitrogens with two attached hydrogens (primary N) is 1. The molecule has 1 saturated heterocycles. The average molecular weight is 435 g/mol. The van der Waals surface area contributed by atoms with Gasteiger partial charge in [-0.1, -0.05) is 0 Å². The fraction of sp³-hybridized carbons (Fsp3) is 0.318. The fourth-order valence-corrected chi connectivity index (χ4v) is 4.71. The van der Waals surface area contributed by atoms with Crippen LogP contribution in [0.5, 0.6) is 17.5 Å². The summed E-state index contributed by atoms with van der Waals surface area (Å²) in [5.41, 5.74) is 8.13. The number of ether oxygens (including phenoxy) is 2. The van der Waals surface area contributed by atoms with E-state index >= 15 is 0 Å². The Balaban J connectivity index is 1.52. The highest BCUT2D eigenvalue weighted by Gasteiger charge is 2.54. The van der Waals surface area contributed by atoms with Gasteiger partial charge in [0.25, 0.3) is 0 Å². The molecule has 2 atom stereocenters. The molecule has 32 heavy (non-hydrogen) atoms. The van der Waals surface area contributed by atoms with E-state index in [0.717, 1.165) is 29.4 Å². The highest BCUT2D eigenvalue weighted by atomic mass is 19.1. The number of piperidine rings is 1. The number of H-pyrrole nitrogens is 1. The molecule has 2 unspecified atom stereocenters. The van der Waals surface area contributed by atoms with Crippen LogP contribution in [0.2, 0.25) is 0 Å². The molecule has 4 heterocycles. The maximum absolute atomic E-state index is 14.4. The van der Waals surface area contributed by atoms with E-state index in [0.29, 0.717) is 40.5 Å². The van der Waals surface area contributed by atoms with Crippen molar-refractivity contribution >= 4 is 33.4 Å². The second kappa shape index (κ2) is 6.92. The van der Waals surface area contributed by atoms with Gasteiger partial charge in [-0.2, -0.15) is 9.97 Å². The standard InChI is InChI=1S/C22H22FN7O2/c1-25-16-4-10(23)3-13-17-20(27-19(13)16)28-22(32-12-5-11(31-2)6-26-7-12)29-21(17)30-8-14-15(9-30)18(14)24/h3-7,14-15,18,25H,8-9,24H2,1-2H3,(H,27,28,29). The number of nitrogens with one attached hydrogen (secondary N) is 2. The summed E-state index contributed by atoms with van der Waals surface area (Å²) in [6, 6.07) is 5.10. The van der Waals surface area contributed by atoms with E-state index in [1.54, 1.807) is 32.6 Å². The number of halogens is 1. The third-order valence-corrected chi connectivity index (χ3v) is 6.45. The second-order valence-electron chi connectivity index (χ2n) is 8.28. The van der Waals surface area contributed by atoms with Crippen molar-refractivity contribution in [2.45, 2.75) is 6.04 Å². The Morgan fingerprint density at radius 3 is 2.69 bits per heavy atom. The zero-order valence-electron chi connectivity index (χ0n) is 17.6. The number of methoxy groups -OCH3 is 1. The Hall–Kier alpha value is -3.66. The van der Waals surface area contributed by atoms with E-state index in [4.69, 9.17) is 20.2 Å². The van der Waals surface area contributed by atoms with Gasteiger partial charge in [-0.25, -0.2) is 4.39 Å². The van der Waals surface area contributed by atoms with E-state index in [1.165, 1.54) is 12.1 Å². The molecule has 6 rings (SSSR count). The van der Waals surface area contributed by atoms with Crippen molar-refractivity contribution in [3.05, 3.63) is 36.4 Å². The number of fused-ring (bicyclic) bond motifs is 4. The van der Waals surface area contributed by atoms with Crippen molar-refractivity contribution in [3.8, 4) is 17.5 Å². The molecule has 164 valence electrons. The van der Waals surface area contributed by atoms with E-state index < -0.39 is 0 Å². The highest BCUT2D eigenvalue weighted by Crippen LogP contribution is 2.47. The molecule has 0 amide bonds. The number of hydrogen-bond acceptors (Lipinski definition) is 8. The van der Waals surface area contributed by atoms with Gasteiger partial charge in [0.15, 0.2) is 5.75 Å². The van der Waals surface area contributed by atoms with E-state index in [9.17, 15) is 4.39 Å². The van der Waals surface area contributed by atoms with Gasteiger partial charge in [-0.05, 0) is 24.0 Å². The van der Waals surface area contributed by atoms with Gasteiger partial charge < -0.3 is 30.4 Å². The Morgan fingerprint density at radius 1 is 1.16 bits per heavy atom. The number of rotatable bonds is 5. The minimum Gasteiger partial charge on any atom is -0.495 e. The quantitative estimate of drug-likeness (QED) is 0.439. The molecule has 10 heteroatoms. The summed E-state index contributed by atoms with van der Waals surface area (Å²) < 4.78 is 25.5. The third-order valence-electron chi connectivity index (χ3n) is 6.45. The first-order chi connectivity index (χ1) is 15.6. The first-order valence-electron chi connectivity index (χ1n) is 10.4. The highest BCUT2D eigenvalue weighted by molar-refractivity contribution is 6.14. The Labute approximate surface area is 182 Å². The summed E-state index contributed by atoms with van der Waals surface area (Å²) in [5, 5.41) is 4.53. The van der Waals surface area contributed by atoms with Crippen LogP contribution in [-0.2, 0) is 0 Å². The summed E-state index contributed by atoms with van der Waals surface area (Å²) in [6.07, 6.45) is 3.16. The van der Waals surface area contributed by atoms with Crippen molar-refractivity contribution < 1.29 is 13.9 Å². The molecule has 0 bridgehead atoms. The number of aromatic amines is 1. The molecule has 1 aliphatic heterocycles. The molecule has 0 radical (unpaired) electrons. The summed E-state index contributed by atoms with van der Waals surface area (Å²) in [7, 11) is 3.32. The van der Waals surface area contributed by atoms with Crippen LogP contribution in [0.4, 0.5) is 15.9 Å². The SMILES string of the molecule is CNc1cc(F)cc2c1[nH]c1nc(Oc3cncc(OC)c3)nc(N3CC4C(N)C4C3)c12. The van der Waals surface area contributed by atoms with Crippen LogP contribution in [0.25, 0.3) is 21.9 Å². The summed E-state index contributed by atoms with van der Waals surface area (Å²) in [6.45, 7) is 1.61. The molecule has 1 aromatic carbocycles. The molecular formula is C22H22FN7O2. The molecule has 0 spiro atoms. The number of aromatic nitrogens is 4. The van der Waals surface area contributed by atoms with Gasteiger partial charge in [-0.15, -0.1) is 0 Å². The molecule has 4 N–H and O–H groups in total. The van der Waals surface area contributed by atoms with Crippen molar-refractivity contribution in [1.82, 2.24) is 19.9 Å². The van der Waals surface area contributed by atoms with Crippen LogP contribution < -0.4 is 25.4 Å². The smallest absolute Gasteiger partial charge is 0.326 e. The van der Waals surface area contributed by atoms with Crippen molar-refractivity contribution in [1.29, 1.82) is 0 Å². The fourth-order valence-electron chi connectivity index (χ4n) is 4.71. The normalized spacial score (nSPS) is 21.8. The summed E-state index contributed by atoms with van der Waals surface area (Å²) in [4.78, 5) is 19.0. The van der Waals surface area contributed by atoms with E-state index in [1.807, 2.05) is 0 Å².